The zero-order valence-corrected chi connectivity index (χ0v) is 24.3. The number of benzene rings is 2. The van der Waals surface area contributed by atoms with Gasteiger partial charge in [-0.1, -0.05) is 0 Å². The smallest absolute Gasteiger partial charge is 0.333 e. The van der Waals surface area contributed by atoms with Crippen LogP contribution < -0.4 is 9.47 Å². The van der Waals surface area contributed by atoms with E-state index < -0.39 is 29.1 Å². The summed E-state index contributed by atoms with van der Waals surface area (Å²) in [6.45, 7) is 4.38. The van der Waals surface area contributed by atoms with Gasteiger partial charge in [-0.25, -0.2) is 4.79 Å². The van der Waals surface area contributed by atoms with Crippen molar-refractivity contribution >= 4 is 23.3 Å². The fourth-order valence-electron chi connectivity index (χ4n) is 5.23. The molecule has 1 heterocycles. The van der Waals surface area contributed by atoms with E-state index >= 15 is 0 Å². The van der Waals surface area contributed by atoms with E-state index in [-0.39, 0.29) is 77.6 Å². The lowest BCUT2D eigenvalue weighted by atomic mass is 9.79. The number of carbonyl (C=O) groups excluding carboxylic acids is 4. The molecule has 0 saturated carbocycles. The van der Waals surface area contributed by atoms with Gasteiger partial charge in [-0.05, 0) is 43.5 Å². The largest absolute Gasteiger partial charge is 0.507 e. The quantitative estimate of drug-likeness (QED) is 0.190. The molecule has 1 fully saturated rings. The number of hydrogen-bond acceptors (Lipinski definition) is 11. The molecule has 224 valence electrons. The van der Waals surface area contributed by atoms with Gasteiger partial charge in [0.15, 0.2) is 11.6 Å². The van der Waals surface area contributed by atoms with Gasteiger partial charge in [-0.2, -0.15) is 0 Å². The van der Waals surface area contributed by atoms with Gasteiger partial charge in [0.25, 0.3) is 0 Å². The first kappa shape index (κ1) is 30.7. The minimum Gasteiger partial charge on any atom is -0.507 e. The molecule has 0 spiro atoms. The molecule has 0 bridgehead atoms. The molecular weight excluding hydrogens is 548 g/mol. The number of esters is 1. The molecule has 11 heteroatoms. The number of hydrogen-bond donors (Lipinski definition) is 1. The average molecular weight is 583 g/mol. The highest BCUT2D eigenvalue weighted by molar-refractivity contribution is 6.30. The Morgan fingerprint density at radius 3 is 2.31 bits per heavy atom. The fraction of sp³-hybridized carbons (Fsp3) is 0.419. The first-order valence-corrected chi connectivity index (χ1v) is 13.5. The third-order valence-electron chi connectivity index (χ3n) is 7.21. The van der Waals surface area contributed by atoms with Crippen LogP contribution in [-0.2, 0) is 41.4 Å². The maximum atomic E-state index is 13.9. The number of phenols is 1. The van der Waals surface area contributed by atoms with E-state index in [0.717, 1.165) is 0 Å². The van der Waals surface area contributed by atoms with Crippen molar-refractivity contribution in [3.63, 3.8) is 0 Å². The number of allylic oxidation sites excluding steroid dienone is 1. The number of Topliss-reactive ketones (excluding diaryl/α,β-unsaturated/α-hetero) is 1. The number of ketones is 3. The van der Waals surface area contributed by atoms with Crippen LogP contribution in [0.2, 0.25) is 0 Å². The van der Waals surface area contributed by atoms with Crippen LogP contribution in [0.5, 0.6) is 17.2 Å². The molecule has 0 atom stereocenters. The van der Waals surface area contributed by atoms with Crippen LogP contribution >= 0.6 is 0 Å². The molecular formula is C31H34O11. The van der Waals surface area contributed by atoms with Crippen molar-refractivity contribution < 1.29 is 52.7 Å². The molecule has 1 saturated heterocycles. The normalized spacial score (nSPS) is 15.6. The minimum atomic E-state index is -1.00. The SMILES string of the molecule is CCOc1c(CCC(=O)CC2(C)OCCO2)c(C/C(=C\C(=O)OC)OC)cc2c1C(=O)c1c(O)cc(OC)cc1C2=O. The van der Waals surface area contributed by atoms with E-state index in [0.29, 0.717) is 24.3 Å². The molecule has 2 aromatic carbocycles. The lowest BCUT2D eigenvalue weighted by Crippen LogP contribution is -2.29. The predicted octanol–water partition coefficient (Wildman–Crippen LogP) is 3.48. The van der Waals surface area contributed by atoms with Gasteiger partial charge in [0.1, 0.15) is 28.8 Å². The number of rotatable bonds is 12. The lowest BCUT2D eigenvalue weighted by Gasteiger charge is -2.26. The number of fused-ring (bicyclic) bond motifs is 2. The molecule has 11 nitrogen and oxygen atoms in total. The highest BCUT2D eigenvalue weighted by Crippen LogP contribution is 2.42. The van der Waals surface area contributed by atoms with E-state index in [2.05, 4.69) is 0 Å². The molecule has 0 radical (unpaired) electrons. The second-order valence-corrected chi connectivity index (χ2v) is 9.99. The molecule has 4 rings (SSSR count). The standard InChI is InChI=1S/C31H34O11/c1-6-40-30-21(8-7-18(32)16-31(2)41-9-10-42-31)17(11-19(37-3)15-25(34)39-5)12-22-27(30)29(36)26-23(28(22)35)13-20(38-4)14-24(26)33/h12-15,33H,6-11,16H2,1-5H3/b19-15+. The second kappa shape index (κ2) is 12.7. The van der Waals surface area contributed by atoms with Crippen molar-refractivity contribution in [1.82, 2.24) is 0 Å². The first-order valence-electron chi connectivity index (χ1n) is 13.5. The van der Waals surface area contributed by atoms with Crippen LogP contribution in [0.15, 0.2) is 30.0 Å². The maximum Gasteiger partial charge on any atom is 0.333 e. The Labute approximate surface area is 243 Å². The monoisotopic (exact) mass is 582 g/mol. The van der Waals surface area contributed by atoms with Crippen molar-refractivity contribution in [2.45, 2.75) is 45.3 Å². The Hall–Kier alpha value is -4.22. The van der Waals surface area contributed by atoms with Crippen molar-refractivity contribution in [2.75, 3.05) is 41.2 Å². The van der Waals surface area contributed by atoms with Crippen molar-refractivity contribution in [3.05, 3.63) is 63.4 Å². The summed E-state index contributed by atoms with van der Waals surface area (Å²) in [5.41, 5.74) is 0.887. The third-order valence-corrected chi connectivity index (χ3v) is 7.21. The Balaban J connectivity index is 1.85. The summed E-state index contributed by atoms with van der Waals surface area (Å²) in [5.74, 6) is -2.73. The minimum absolute atomic E-state index is 0.00801. The second-order valence-electron chi connectivity index (χ2n) is 9.99. The molecule has 1 aliphatic carbocycles. The maximum absolute atomic E-state index is 13.9. The third kappa shape index (κ3) is 6.17. The molecule has 2 aromatic rings. The molecule has 0 unspecified atom stereocenters. The predicted molar refractivity (Wildman–Crippen MR) is 148 cm³/mol. The van der Waals surface area contributed by atoms with Crippen LogP contribution in [0.25, 0.3) is 0 Å². The van der Waals surface area contributed by atoms with Gasteiger partial charge in [-0.3, -0.25) is 14.4 Å². The van der Waals surface area contributed by atoms with E-state index in [9.17, 15) is 24.3 Å². The van der Waals surface area contributed by atoms with Gasteiger partial charge in [0.2, 0.25) is 5.78 Å². The van der Waals surface area contributed by atoms with Gasteiger partial charge in [-0.15, -0.1) is 0 Å². The van der Waals surface area contributed by atoms with Crippen molar-refractivity contribution in [2.24, 2.45) is 0 Å². The Morgan fingerprint density at radius 2 is 1.69 bits per heavy atom. The number of carbonyl (C=O) groups is 4. The molecule has 0 amide bonds. The zero-order chi connectivity index (χ0) is 30.6. The highest BCUT2D eigenvalue weighted by Gasteiger charge is 2.38. The summed E-state index contributed by atoms with van der Waals surface area (Å²) >= 11 is 0. The summed E-state index contributed by atoms with van der Waals surface area (Å²) in [5, 5.41) is 10.7. The van der Waals surface area contributed by atoms with Gasteiger partial charge < -0.3 is 33.5 Å². The highest BCUT2D eigenvalue weighted by atomic mass is 16.7. The number of phenolic OH excluding ortho intramolecular Hbond substituents is 1. The van der Waals surface area contributed by atoms with E-state index in [1.54, 1.807) is 19.9 Å². The van der Waals surface area contributed by atoms with Gasteiger partial charge in [0, 0.05) is 30.0 Å². The fourth-order valence-corrected chi connectivity index (χ4v) is 5.23. The summed E-state index contributed by atoms with van der Waals surface area (Å²) in [4.78, 5) is 52.7. The van der Waals surface area contributed by atoms with Gasteiger partial charge >= 0.3 is 5.97 Å². The van der Waals surface area contributed by atoms with Crippen molar-refractivity contribution in [1.29, 1.82) is 0 Å². The summed E-state index contributed by atoms with van der Waals surface area (Å²) in [7, 11) is 4.01. The summed E-state index contributed by atoms with van der Waals surface area (Å²) in [6, 6.07) is 4.21. The zero-order valence-electron chi connectivity index (χ0n) is 24.3. The Morgan fingerprint density at radius 1 is 1.00 bits per heavy atom. The topological polar surface area (TPSA) is 144 Å². The first-order chi connectivity index (χ1) is 20.0. The van der Waals surface area contributed by atoms with Crippen molar-refractivity contribution in [3.8, 4) is 17.2 Å². The molecule has 1 N–H and O–H groups in total. The summed E-state index contributed by atoms with van der Waals surface area (Å²) in [6.07, 6.45) is 1.44. The Kier molecular flexibility index (Phi) is 9.33. The van der Waals surface area contributed by atoms with E-state index in [1.807, 2.05) is 0 Å². The Bertz CT molecular complexity index is 1450. The average Bonchev–Trinajstić information content (AvgIpc) is 3.39. The van der Waals surface area contributed by atoms with E-state index in [1.165, 1.54) is 39.5 Å². The number of ether oxygens (including phenoxy) is 6. The molecule has 1 aliphatic heterocycles. The summed E-state index contributed by atoms with van der Waals surface area (Å²) < 4.78 is 32.5. The van der Waals surface area contributed by atoms with E-state index in [4.69, 9.17) is 28.4 Å². The molecule has 0 aromatic heterocycles. The van der Waals surface area contributed by atoms with Gasteiger partial charge in [0.05, 0.1) is 64.8 Å². The van der Waals surface area contributed by atoms with Crippen LogP contribution in [0.4, 0.5) is 0 Å². The van der Waals surface area contributed by atoms with Crippen LogP contribution in [-0.4, -0.2) is 75.4 Å². The number of aromatic hydroxyl groups is 1. The molecule has 42 heavy (non-hydrogen) atoms. The lowest BCUT2D eigenvalue weighted by molar-refractivity contribution is -0.158. The number of methoxy groups -OCH3 is 3. The van der Waals surface area contributed by atoms with Crippen LogP contribution in [0, 0.1) is 0 Å². The molecule has 2 aliphatic rings. The van der Waals surface area contributed by atoms with Crippen LogP contribution in [0.3, 0.4) is 0 Å². The van der Waals surface area contributed by atoms with Crippen LogP contribution in [0.1, 0.15) is 69.7 Å².